The summed E-state index contributed by atoms with van der Waals surface area (Å²) in [4.78, 5) is 2.54. The van der Waals surface area contributed by atoms with Gasteiger partial charge in [0.05, 0.1) is 6.04 Å². The molecule has 1 heterocycles. The van der Waals surface area contributed by atoms with E-state index in [9.17, 15) is 0 Å². The smallest absolute Gasteiger partial charge is 0.125 e. The van der Waals surface area contributed by atoms with Crippen LogP contribution in [0.5, 0.6) is 5.75 Å². The lowest BCUT2D eigenvalue weighted by molar-refractivity contribution is 0.0413. The molecule has 2 aliphatic rings. The van der Waals surface area contributed by atoms with Crippen LogP contribution in [0.25, 0.3) is 0 Å². The van der Waals surface area contributed by atoms with E-state index in [1.54, 1.807) is 0 Å². The molecule has 23 heavy (non-hydrogen) atoms. The fourth-order valence-electron chi connectivity index (χ4n) is 4.39. The molecular formula is C21H25NO. The lowest BCUT2D eigenvalue weighted by atomic mass is 9.85. The molecule has 1 saturated carbocycles. The van der Waals surface area contributed by atoms with Gasteiger partial charge in [-0.1, -0.05) is 36.4 Å². The Morgan fingerprint density at radius 1 is 1.00 bits per heavy atom. The molecule has 1 aliphatic heterocycles. The molecule has 1 fully saturated rings. The van der Waals surface area contributed by atoms with E-state index in [0.717, 1.165) is 18.7 Å². The minimum absolute atomic E-state index is 0.0568. The first-order valence-electron chi connectivity index (χ1n) is 8.91. The summed E-state index contributed by atoms with van der Waals surface area (Å²) in [5, 5.41) is 0. The summed E-state index contributed by atoms with van der Waals surface area (Å²) >= 11 is 0. The highest BCUT2D eigenvalue weighted by molar-refractivity contribution is 5.52. The summed E-state index contributed by atoms with van der Waals surface area (Å²) in [5.41, 5.74) is 2.71. The maximum Gasteiger partial charge on any atom is 0.125 e. The maximum atomic E-state index is 6.51. The zero-order chi connectivity index (χ0) is 15.7. The number of nitrogens with zero attached hydrogens (tertiary/aromatic N) is 1. The lowest BCUT2D eigenvalue weighted by Gasteiger charge is -2.44. The first kappa shape index (κ1) is 14.6. The van der Waals surface area contributed by atoms with Gasteiger partial charge >= 0.3 is 0 Å². The highest BCUT2D eigenvalue weighted by Crippen LogP contribution is 2.49. The highest BCUT2D eigenvalue weighted by atomic mass is 16.5. The Morgan fingerprint density at radius 3 is 2.43 bits per heavy atom. The Labute approximate surface area is 139 Å². The third kappa shape index (κ3) is 2.60. The molecule has 1 aliphatic carbocycles. The van der Waals surface area contributed by atoms with Crippen molar-refractivity contribution in [2.45, 2.75) is 50.7 Å². The molecule has 1 atom stereocenters. The van der Waals surface area contributed by atoms with Crippen molar-refractivity contribution >= 4 is 5.69 Å². The standard InChI is InChI=1S/C21H25NO/c1-2-22(17-10-4-3-5-11-17)19-16-21(14-8-9-15-21)23-20-13-7-6-12-18(19)20/h3-7,10-13,19H,2,8-9,14-16H2,1H3. The van der Waals surface area contributed by atoms with Gasteiger partial charge in [-0.2, -0.15) is 0 Å². The quantitative estimate of drug-likeness (QED) is 0.758. The topological polar surface area (TPSA) is 12.5 Å². The normalized spacial score (nSPS) is 21.7. The van der Waals surface area contributed by atoms with Crippen molar-refractivity contribution in [1.29, 1.82) is 0 Å². The van der Waals surface area contributed by atoms with E-state index in [-0.39, 0.29) is 5.60 Å². The summed E-state index contributed by atoms with van der Waals surface area (Å²) < 4.78 is 6.51. The maximum absolute atomic E-state index is 6.51. The van der Waals surface area contributed by atoms with Gasteiger partial charge in [0, 0.05) is 24.2 Å². The largest absolute Gasteiger partial charge is 0.487 e. The zero-order valence-corrected chi connectivity index (χ0v) is 13.9. The second-order valence-electron chi connectivity index (χ2n) is 6.87. The minimum atomic E-state index is 0.0568. The van der Waals surface area contributed by atoms with Crippen molar-refractivity contribution in [3.05, 3.63) is 60.2 Å². The SMILES string of the molecule is CCN(c1ccccc1)C1CC2(CCCC2)Oc2ccccc21. The van der Waals surface area contributed by atoms with Crippen LogP contribution in [0.15, 0.2) is 54.6 Å². The van der Waals surface area contributed by atoms with Gasteiger partial charge in [0.1, 0.15) is 11.4 Å². The fraction of sp³-hybridized carbons (Fsp3) is 0.429. The summed E-state index contributed by atoms with van der Waals surface area (Å²) in [7, 11) is 0. The van der Waals surface area contributed by atoms with Crippen molar-refractivity contribution in [1.82, 2.24) is 0 Å². The summed E-state index contributed by atoms with van der Waals surface area (Å²) in [6, 6.07) is 19.9. The van der Waals surface area contributed by atoms with Crippen LogP contribution in [0.3, 0.4) is 0 Å². The second kappa shape index (κ2) is 5.92. The van der Waals surface area contributed by atoms with Gasteiger partial charge < -0.3 is 9.64 Å². The molecular weight excluding hydrogens is 282 g/mol. The molecule has 2 nitrogen and oxygen atoms in total. The van der Waals surface area contributed by atoms with Crippen molar-refractivity contribution in [3.8, 4) is 5.75 Å². The van der Waals surface area contributed by atoms with Gasteiger partial charge in [-0.25, -0.2) is 0 Å². The van der Waals surface area contributed by atoms with Gasteiger partial charge in [-0.05, 0) is 50.8 Å². The number of hydrogen-bond donors (Lipinski definition) is 0. The molecule has 0 bridgehead atoms. The number of para-hydroxylation sites is 2. The Balaban J connectivity index is 1.76. The Morgan fingerprint density at radius 2 is 1.70 bits per heavy atom. The summed E-state index contributed by atoms with van der Waals surface area (Å²) in [6.07, 6.45) is 6.10. The van der Waals surface area contributed by atoms with Gasteiger partial charge in [0.2, 0.25) is 0 Å². The van der Waals surface area contributed by atoms with Crippen LogP contribution in [0, 0.1) is 0 Å². The van der Waals surface area contributed by atoms with E-state index in [4.69, 9.17) is 4.74 Å². The molecule has 120 valence electrons. The average Bonchev–Trinajstić information content (AvgIpc) is 3.04. The number of anilines is 1. The van der Waals surface area contributed by atoms with Crippen molar-refractivity contribution in [3.63, 3.8) is 0 Å². The Kier molecular flexibility index (Phi) is 3.76. The fourth-order valence-corrected chi connectivity index (χ4v) is 4.39. The van der Waals surface area contributed by atoms with Crippen molar-refractivity contribution in [2.24, 2.45) is 0 Å². The van der Waals surface area contributed by atoms with Crippen LogP contribution in [0.4, 0.5) is 5.69 Å². The van der Waals surface area contributed by atoms with Crippen LogP contribution < -0.4 is 9.64 Å². The summed E-state index contributed by atoms with van der Waals surface area (Å²) in [5.74, 6) is 1.10. The predicted octanol–water partition coefficient (Wildman–Crippen LogP) is 5.35. The third-order valence-corrected chi connectivity index (χ3v) is 5.49. The zero-order valence-electron chi connectivity index (χ0n) is 13.9. The van der Waals surface area contributed by atoms with E-state index in [1.807, 2.05) is 0 Å². The lowest BCUT2D eigenvalue weighted by Crippen LogP contribution is -2.43. The first-order chi connectivity index (χ1) is 11.3. The van der Waals surface area contributed by atoms with E-state index < -0.39 is 0 Å². The number of hydrogen-bond acceptors (Lipinski definition) is 2. The van der Waals surface area contributed by atoms with Crippen molar-refractivity contribution in [2.75, 3.05) is 11.4 Å². The number of fused-ring (bicyclic) bond motifs is 1. The third-order valence-electron chi connectivity index (χ3n) is 5.49. The molecule has 0 aromatic heterocycles. The molecule has 0 radical (unpaired) electrons. The molecule has 0 saturated heterocycles. The number of rotatable bonds is 3. The van der Waals surface area contributed by atoms with Crippen molar-refractivity contribution < 1.29 is 4.74 Å². The predicted molar refractivity (Wildman–Crippen MR) is 95.1 cm³/mol. The first-order valence-corrected chi connectivity index (χ1v) is 8.91. The molecule has 2 aromatic carbocycles. The monoisotopic (exact) mass is 307 g/mol. The van der Waals surface area contributed by atoms with Crippen LogP contribution in [-0.2, 0) is 0 Å². The molecule has 0 amide bonds. The minimum Gasteiger partial charge on any atom is -0.487 e. The van der Waals surface area contributed by atoms with E-state index >= 15 is 0 Å². The van der Waals surface area contributed by atoms with E-state index in [0.29, 0.717) is 6.04 Å². The highest BCUT2D eigenvalue weighted by Gasteiger charge is 2.44. The Bertz CT molecular complexity index is 661. The molecule has 2 heteroatoms. The molecule has 4 rings (SSSR count). The Hall–Kier alpha value is -1.96. The molecule has 1 unspecified atom stereocenters. The van der Waals surface area contributed by atoms with Gasteiger partial charge in [0.15, 0.2) is 0 Å². The second-order valence-corrected chi connectivity index (χ2v) is 6.87. The molecule has 2 aromatic rings. The average molecular weight is 307 g/mol. The molecule has 0 N–H and O–H groups in total. The van der Waals surface area contributed by atoms with Crippen LogP contribution in [0.1, 0.15) is 50.6 Å². The number of ether oxygens (including phenoxy) is 1. The summed E-state index contributed by atoms with van der Waals surface area (Å²) in [6.45, 7) is 3.27. The van der Waals surface area contributed by atoms with Crippen LogP contribution in [0.2, 0.25) is 0 Å². The van der Waals surface area contributed by atoms with Gasteiger partial charge in [0.25, 0.3) is 0 Å². The van der Waals surface area contributed by atoms with E-state index in [1.165, 1.54) is 36.9 Å². The van der Waals surface area contributed by atoms with Crippen LogP contribution in [-0.4, -0.2) is 12.1 Å². The van der Waals surface area contributed by atoms with Gasteiger partial charge in [-0.3, -0.25) is 0 Å². The van der Waals surface area contributed by atoms with E-state index in [2.05, 4.69) is 66.4 Å². The number of benzene rings is 2. The van der Waals surface area contributed by atoms with Crippen LogP contribution >= 0.6 is 0 Å². The molecule has 1 spiro atoms. The van der Waals surface area contributed by atoms with Gasteiger partial charge in [-0.15, -0.1) is 0 Å².